The topological polar surface area (TPSA) is 0 Å². The summed E-state index contributed by atoms with van der Waals surface area (Å²) in [6.45, 7) is 2.14. The van der Waals surface area contributed by atoms with Crippen LogP contribution in [-0.2, 0) is 12.6 Å². The van der Waals surface area contributed by atoms with Crippen molar-refractivity contribution in [1.82, 2.24) is 0 Å². The Labute approximate surface area is 166 Å². The molecule has 0 saturated carbocycles. The number of benzene rings is 3. The molecule has 0 aliphatic carbocycles. The van der Waals surface area contributed by atoms with Crippen LogP contribution in [0.15, 0.2) is 48.5 Å². The van der Waals surface area contributed by atoms with E-state index in [1.165, 1.54) is 6.07 Å². The summed E-state index contributed by atoms with van der Waals surface area (Å²) in [4.78, 5) is 0. The first-order valence-corrected chi connectivity index (χ1v) is 9.39. The molecule has 0 nitrogen and oxygen atoms in total. The molecule has 0 radical (unpaired) electrons. The average molecular weight is 402 g/mol. The summed E-state index contributed by atoms with van der Waals surface area (Å²) in [5.74, 6) is 3.22. The van der Waals surface area contributed by atoms with Crippen molar-refractivity contribution in [2.45, 2.75) is 38.8 Å². The smallest absolute Gasteiger partial charge is 0.206 e. The molecule has 0 bridgehead atoms. The van der Waals surface area contributed by atoms with Crippen LogP contribution in [0, 0.1) is 23.5 Å². The number of unbranched alkanes of at least 4 members (excludes halogenated alkanes) is 2. The summed E-state index contributed by atoms with van der Waals surface area (Å²) in [7, 11) is 0. The lowest BCUT2D eigenvalue weighted by molar-refractivity contribution is -0.140. The molecule has 3 aromatic rings. The van der Waals surface area contributed by atoms with E-state index < -0.39 is 23.4 Å². The van der Waals surface area contributed by atoms with Crippen LogP contribution in [0.3, 0.4) is 0 Å². The van der Waals surface area contributed by atoms with Crippen molar-refractivity contribution in [1.29, 1.82) is 0 Å². The van der Waals surface area contributed by atoms with Gasteiger partial charge in [-0.15, -0.1) is 0 Å². The van der Waals surface area contributed by atoms with Gasteiger partial charge in [0.15, 0.2) is 0 Å². The van der Waals surface area contributed by atoms with Crippen LogP contribution >= 0.6 is 0 Å². The lowest BCUT2D eigenvalue weighted by atomic mass is 10.0. The summed E-state index contributed by atoms with van der Waals surface area (Å²) in [5.41, 5.74) is -0.0584. The number of hydrogen-bond acceptors (Lipinski definition) is 0. The van der Waals surface area contributed by atoms with Crippen molar-refractivity contribution in [2.75, 3.05) is 0 Å². The Bertz CT molecular complexity index is 1080. The lowest BCUT2D eigenvalue weighted by Gasteiger charge is -2.07. The number of hydrogen-bond donors (Lipinski definition) is 0. The molecule has 0 saturated heterocycles. The quantitative estimate of drug-likeness (QED) is 0.245. The molecule has 0 aliphatic heterocycles. The maximum Gasteiger partial charge on any atom is 0.419 e. The highest BCUT2D eigenvalue weighted by Gasteiger charge is 2.33. The zero-order chi connectivity index (χ0) is 21.0. The van der Waals surface area contributed by atoms with Gasteiger partial charge >= 0.3 is 6.18 Å². The molecular weight excluding hydrogens is 383 g/mol. The van der Waals surface area contributed by atoms with Gasteiger partial charge in [-0.1, -0.05) is 55.9 Å². The van der Waals surface area contributed by atoms with E-state index in [-0.39, 0.29) is 11.1 Å². The number of alkyl halides is 3. The monoisotopic (exact) mass is 402 g/mol. The summed E-state index contributed by atoms with van der Waals surface area (Å²) in [6, 6.07) is 11.3. The summed E-state index contributed by atoms with van der Waals surface area (Å²) in [6.07, 6.45) is -0.474. The predicted octanol–water partition coefficient (Wildman–Crippen LogP) is 7.27. The maximum absolute atomic E-state index is 14.8. The van der Waals surface area contributed by atoms with Crippen LogP contribution < -0.4 is 0 Å². The largest absolute Gasteiger partial charge is 0.419 e. The fourth-order valence-electron chi connectivity index (χ4n) is 3.13. The van der Waals surface area contributed by atoms with Crippen molar-refractivity contribution in [3.05, 3.63) is 82.4 Å². The lowest BCUT2D eigenvalue weighted by Crippen LogP contribution is -2.07. The molecule has 0 aliphatic rings. The molecule has 0 fully saturated rings. The number of aryl methyl sites for hydroxylation is 1. The number of fused-ring (bicyclic) bond motifs is 1. The second-order valence-corrected chi connectivity index (χ2v) is 6.88. The molecule has 0 unspecified atom stereocenters. The third-order valence-electron chi connectivity index (χ3n) is 4.70. The van der Waals surface area contributed by atoms with E-state index in [9.17, 15) is 22.0 Å². The first kappa shape index (κ1) is 20.9. The van der Waals surface area contributed by atoms with E-state index in [2.05, 4.69) is 18.8 Å². The second-order valence-electron chi connectivity index (χ2n) is 6.88. The molecule has 3 rings (SSSR count). The molecule has 0 aromatic heterocycles. The third kappa shape index (κ3) is 4.95. The van der Waals surface area contributed by atoms with Crippen LogP contribution in [0.1, 0.15) is 48.4 Å². The Morgan fingerprint density at radius 1 is 0.862 bits per heavy atom. The Balaban J connectivity index is 1.87. The van der Waals surface area contributed by atoms with E-state index in [0.29, 0.717) is 17.5 Å². The van der Waals surface area contributed by atoms with Gasteiger partial charge in [0.1, 0.15) is 11.6 Å². The zero-order valence-electron chi connectivity index (χ0n) is 15.8. The summed E-state index contributed by atoms with van der Waals surface area (Å²) in [5, 5.41) is 1.19. The molecule has 0 atom stereocenters. The Kier molecular flexibility index (Phi) is 6.22. The van der Waals surface area contributed by atoms with Crippen LogP contribution in [0.2, 0.25) is 0 Å². The van der Waals surface area contributed by atoms with Gasteiger partial charge in [-0.3, -0.25) is 0 Å². The zero-order valence-corrected chi connectivity index (χ0v) is 15.8. The van der Waals surface area contributed by atoms with E-state index in [1.807, 2.05) is 12.1 Å². The first-order chi connectivity index (χ1) is 13.8. The van der Waals surface area contributed by atoms with Crippen molar-refractivity contribution in [3.63, 3.8) is 0 Å². The molecule has 150 valence electrons. The molecular formula is C24H19F5. The van der Waals surface area contributed by atoms with E-state index in [4.69, 9.17) is 0 Å². The molecule has 5 heteroatoms. The molecule has 29 heavy (non-hydrogen) atoms. The maximum atomic E-state index is 14.8. The molecule has 0 heterocycles. The SMILES string of the molecule is CCCCCc1ccc2c(F)c(C#Cc3ccc(C(F)(F)F)c(F)c3)ccc2c1. The first-order valence-electron chi connectivity index (χ1n) is 9.39. The van der Waals surface area contributed by atoms with Crippen LogP contribution in [-0.4, -0.2) is 0 Å². The van der Waals surface area contributed by atoms with Gasteiger partial charge < -0.3 is 0 Å². The molecule has 3 aromatic carbocycles. The Hall–Kier alpha value is -2.87. The van der Waals surface area contributed by atoms with E-state index >= 15 is 0 Å². The van der Waals surface area contributed by atoms with Crippen molar-refractivity contribution in [3.8, 4) is 11.8 Å². The summed E-state index contributed by atoms with van der Waals surface area (Å²) < 4.78 is 66.3. The van der Waals surface area contributed by atoms with Crippen molar-refractivity contribution in [2.24, 2.45) is 0 Å². The van der Waals surface area contributed by atoms with Gasteiger partial charge in [0, 0.05) is 10.9 Å². The minimum atomic E-state index is -4.77. The van der Waals surface area contributed by atoms with Gasteiger partial charge in [-0.2, -0.15) is 13.2 Å². The fraction of sp³-hybridized carbons (Fsp3) is 0.250. The average Bonchev–Trinajstić information content (AvgIpc) is 2.67. The highest BCUT2D eigenvalue weighted by molar-refractivity contribution is 5.85. The second kappa shape index (κ2) is 8.65. The minimum Gasteiger partial charge on any atom is -0.206 e. The Morgan fingerprint density at radius 2 is 1.66 bits per heavy atom. The highest BCUT2D eigenvalue weighted by atomic mass is 19.4. The predicted molar refractivity (Wildman–Crippen MR) is 105 cm³/mol. The molecule has 0 spiro atoms. The standard InChI is InChI=1S/C24H19F5/c1-2-3-4-5-16-7-12-20-19(14-16)11-10-18(23(20)26)9-6-17-8-13-21(22(25)15-17)24(27,28)29/h7-8,10-15H,2-5H2,1H3. The fourth-order valence-corrected chi connectivity index (χ4v) is 3.13. The normalized spacial score (nSPS) is 11.4. The third-order valence-corrected chi connectivity index (χ3v) is 4.70. The van der Waals surface area contributed by atoms with Gasteiger partial charge in [-0.05, 0) is 48.1 Å². The van der Waals surface area contributed by atoms with E-state index in [0.717, 1.165) is 42.7 Å². The van der Waals surface area contributed by atoms with Gasteiger partial charge in [-0.25, -0.2) is 8.78 Å². The minimum absolute atomic E-state index is 0.0428. The van der Waals surface area contributed by atoms with E-state index in [1.54, 1.807) is 12.1 Å². The van der Waals surface area contributed by atoms with Gasteiger partial charge in [0.05, 0.1) is 11.1 Å². The number of halogens is 5. The van der Waals surface area contributed by atoms with Crippen LogP contribution in [0.25, 0.3) is 10.8 Å². The van der Waals surface area contributed by atoms with Crippen LogP contribution in [0.4, 0.5) is 22.0 Å². The summed E-state index contributed by atoms with van der Waals surface area (Å²) >= 11 is 0. The molecule has 0 amide bonds. The molecule has 0 N–H and O–H groups in total. The Morgan fingerprint density at radius 3 is 2.34 bits per heavy atom. The van der Waals surface area contributed by atoms with Crippen molar-refractivity contribution >= 4 is 10.8 Å². The number of rotatable bonds is 4. The van der Waals surface area contributed by atoms with Crippen LogP contribution in [0.5, 0.6) is 0 Å². The van der Waals surface area contributed by atoms with Gasteiger partial charge in [0.25, 0.3) is 0 Å². The van der Waals surface area contributed by atoms with Gasteiger partial charge in [0.2, 0.25) is 0 Å². The highest BCUT2D eigenvalue weighted by Crippen LogP contribution is 2.31. The van der Waals surface area contributed by atoms with Crippen molar-refractivity contribution < 1.29 is 22.0 Å².